The van der Waals surface area contributed by atoms with Gasteiger partial charge in [0.1, 0.15) is 23.0 Å². The van der Waals surface area contributed by atoms with Crippen LogP contribution in [-0.4, -0.2) is 37.0 Å². The number of aryl methyl sites for hydroxylation is 4. The van der Waals surface area contributed by atoms with Gasteiger partial charge in [-0.25, -0.2) is 0 Å². The largest absolute Gasteiger partial charge is 0.507 e. The van der Waals surface area contributed by atoms with Crippen molar-refractivity contribution in [2.75, 3.05) is 0 Å². The third-order valence-electron chi connectivity index (χ3n) is 8.78. The van der Waals surface area contributed by atoms with Crippen molar-refractivity contribution in [1.82, 2.24) is 4.98 Å². The number of aromatic amines is 1. The standard InChI is InChI=1S/C40H35NO6/c1-21-9-7-11-25(15-21)37(44)29-17-23(3)35(42)31(39(29)46)19-28-27-13-5-6-14-33(27)41-34(28)20-32-36(43)24(4)18-30(40(32)47)38(45)26-12-8-10-22(2)16-26/h5-18,41-43,46-47H,19-20H2,1-4H3. The zero-order valence-electron chi connectivity index (χ0n) is 26.6. The summed E-state index contributed by atoms with van der Waals surface area (Å²) in [6.07, 6.45) is 0.0507. The summed E-state index contributed by atoms with van der Waals surface area (Å²) in [6, 6.07) is 24.7. The van der Waals surface area contributed by atoms with Crippen LogP contribution in [0.15, 0.2) is 84.9 Å². The van der Waals surface area contributed by atoms with Gasteiger partial charge in [0.25, 0.3) is 0 Å². The van der Waals surface area contributed by atoms with Crippen LogP contribution < -0.4 is 0 Å². The van der Waals surface area contributed by atoms with Crippen LogP contribution >= 0.6 is 0 Å². The minimum Gasteiger partial charge on any atom is -0.507 e. The van der Waals surface area contributed by atoms with Crippen molar-refractivity contribution in [3.05, 3.63) is 152 Å². The van der Waals surface area contributed by atoms with Crippen LogP contribution in [0.4, 0.5) is 0 Å². The smallest absolute Gasteiger partial charge is 0.196 e. The van der Waals surface area contributed by atoms with Crippen LogP contribution in [-0.2, 0) is 12.8 Å². The highest BCUT2D eigenvalue weighted by atomic mass is 16.3. The summed E-state index contributed by atoms with van der Waals surface area (Å²) in [4.78, 5) is 30.4. The second kappa shape index (κ2) is 12.2. The number of fused-ring (bicyclic) bond motifs is 1. The molecule has 1 aromatic heterocycles. The van der Waals surface area contributed by atoms with Crippen LogP contribution in [0.1, 0.15) is 76.5 Å². The number of hydrogen-bond acceptors (Lipinski definition) is 6. The van der Waals surface area contributed by atoms with E-state index < -0.39 is 0 Å². The molecule has 0 bridgehead atoms. The van der Waals surface area contributed by atoms with Crippen LogP contribution in [0.3, 0.4) is 0 Å². The van der Waals surface area contributed by atoms with E-state index in [1.165, 1.54) is 12.1 Å². The van der Waals surface area contributed by atoms with Crippen LogP contribution in [0.2, 0.25) is 0 Å². The fourth-order valence-corrected chi connectivity index (χ4v) is 6.26. The van der Waals surface area contributed by atoms with Gasteiger partial charge in [0, 0.05) is 51.7 Å². The van der Waals surface area contributed by atoms with E-state index in [2.05, 4.69) is 4.98 Å². The van der Waals surface area contributed by atoms with E-state index in [9.17, 15) is 30.0 Å². The Kier molecular flexibility index (Phi) is 8.07. The summed E-state index contributed by atoms with van der Waals surface area (Å²) in [7, 11) is 0. The zero-order valence-corrected chi connectivity index (χ0v) is 26.6. The van der Waals surface area contributed by atoms with Gasteiger partial charge in [-0.2, -0.15) is 0 Å². The van der Waals surface area contributed by atoms with Crippen LogP contribution in [0.25, 0.3) is 10.9 Å². The molecular formula is C40H35NO6. The first-order valence-corrected chi connectivity index (χ1v) is 15.3. The fourth-order valence-electron chi connectivity index (χ4n) is 6.26. The number of aromatic hydroxyl groups is 4. The molecule has 0 saturated heterocycles. The van der Waals surface area contributed by atoms with E-state index in [0.29, 0.717) is 33.5 Å². The maximum atomic E-state index is 13.5. The maximum Gasteiger partial charge on any atom is 0.196 e. The molecule has 6 aromatic rings. The van der Waals surface area contributed by atoms with Crippen LogP contribution in [0, 0.1) is 27.7 Å². The van der Waals surface area contributed by atoms with Gasteiger partial charge in [0.05, 0.1) is 11.1 Å². The van der Waals surface area contributed by atoms with E-state index in [1.807, 2.05) is 50.2 Å². The molecule has 0 unspecified atom stereocenters. The van der Waals surface area contributed by atoms with Crippen molar-refractivity contribution in [3.63, 3.8) is 0 Å². The minimum atomic E-state index is -0.368. The lowest BCUT2D eigenvalue weighted by Gasteiger charge is -2.16. The van der Waals surface area contributed by atoms with Gasteiger partial charge in [0.15, 0.2) is 11.6 Å². The molecule has 7 nitrogen and oxygen atoms in total. The molecule has 0 aliphatic carbocycles. The SMILES string of the molecule is Cc1cccc(C(=O)c2cc(C)c(O)c(Cc3[nH]c4ccccc4c3Cc3c(O)c(C)cc(C(=O)c4cccc(C)c4)c3O)c2O)c1. The van der Waals surface area contributed by atoms with Gasteiger partial charge >= 0.3 is 0 Å². The lowest BCUT2D eigenvalue weighted by molar-refractivity contribution is 0.102. The Morgan fingerprint density at radius 1 is 0.553 bits per heavy atom. The number of H-pyrrole nitrogens is 1. The molecule has 5 N–H and O–H groups in total. The molecule has 0 radical (unpaired) electrons. The summed E-state index contributed by atoms with van der Waals surface area (Å²) in [6.45, 7) is 7.12. The number of rotatable bonds is 8. The number of benzene rings is 5. The highest BCUT2D eigenvalue weighted by Crippen LogP contribution is 2.41. The van der Waals surface area contributed by atoms with Crippen molar-refractivity contribution < 1.29 is 30.0 Å². The van der Waals surface area contributed by atoms with Gasteiger partial charge in [-0.05, 0) is 74.7 Å². The molecule has 47 heavy (non-hydrogen) atoms. The monoisotopic (exact) mass is 625 g/mol. The summed E-state index contributed by atoms with van der Waals surface area (Å²) >= 11 is 0. The first kappa shape index (κ1) is 31.2. The summed E-state index contributed by atoms with van der Waals surface area (Å²) < 4.78 is 0. The number of hydrogen-bond donors (Lipinski definition) is 5. The number of carbonyl (C=O) groups excluding carboxylic acids is 2. The number of para-hydroxylation sites is 1. The van der Waals surface area contributed by atoms with E-state index in [0.717, 1.165) is 22.0 Å². The normalized spacial score (nSPS) is 11.2. The van der Waals surface area contributed by atoms with E-state index in [1.54, 1.807) is 50.2 Å². The minimum absolute atomic E-state index is 0.0138. The molecule has 0 aliphatic heterocycles. The van der Waals surface area contributed by atoms with Crippen LogP contribution in [0.5, 0.6) is 23.0 Å². The molecule has 0 atom stereocenters. The Labute approximate surface area is 272 Å². The molecule has 7 heteroatoms. The second-order valence-corrected chi connectivity index (χ2v) is 12.2. The fraction of sp³-hybridized carbons (Fsp3) is 0.150. The van der Waals surface area contributed by atoms with Crippen molar-refractivity contribution in [1.29, 1.82) is 0 Å². The average molecular weight is 626 g/mol. The first-order valence-electron chi connectivity index (χ1n) is 15.3. The van der Waals surface area contributed by atoms with Crippen molar-refractivity contribution in [3.8, 4) is 23.0 Å². The molecular weight excluding hydrogens is 590 g/mol. The van der Waals surface area contributed by atoms with E-state index in [4.69, 9.17) is 0 Å². The van der Waals surface area contributed by atoms with Crippen molar-refractivity contribution in [2.24, 2.45) is 0 Å². The molecule has 0 fully saturated rings. The second-order valence-electron chi connectivity index (χ2n) is 12.2. The van der Waals surface area contributed by atoms with Crippen molar-refractivity contribution >= 4 is 22.5 Å². The third-order valence-corrected chi connectivity index (χ3v) is 8.78. The Hall–Kier alpha value is -5.82. The van der Waals surface area contributed by atoms with Gasteiger partial charge in [-0.1, -0.05) is 65.7 Å². The third kappa shape index (κ3) is 5.72. The van der Waals surface area contributed by atoms with E-state index >= 15 is 0 Å². The summed E-state index contributed by atoms with van der Waals surface area (Å²) in [5.74, 6) is -1.64. The molecule has 1 heterocycles. The number of ketones is 2. The quantitative estimate of drug-likeness (QED) is 0.109. The lowest BCUT2D eigenvalue weighted by atomic mass is 9.90. The maximum absolute atomic E-state index is 13.5. The Bertz CT molecular complexity index is 2230. The molecule has 0 saturated carbocycles. The molecule has 5 aromatic carbocycles. The first-order chi connectivity index (χ1) is 22.4. The molecule has 0 aliphatic rings. The highest BCUT2D eigenvalue weighted by Gasteiger charge is 2.26. The lowest BCUT2D eigenvalue weighted by Crippen LogP contribution is -2.07. The molecule has 0 amide bonds. The predicted molar refractivity (Wildman–Crippen MR) is 182 cm³/mol. The molecule has 0 spiro atoms. The van der Waals surface area contributed by atoms with Gasteiger partial charge in [-0.15, -0.1) is 0 Å². The van der Waals surface area contributed by atoms with E-state index in [-0.39, 0.29) is 69.7 Å². The molecule has 6 rings (SSSR count). The van der Waals surface area contributed by atoms with Gasteiger partial charge in [-0.3, -0.25) is 9.59 Å². The summed E-state index contributed by atoms with van der Waals surface area (Å²) in [5, 5.41) is 46.1. The number of aromatic nitrogens is 1. The Balaban J connectivity index is 1.46. The number of carbonyl (C=O) groups is 2. The topological polar surface area (TPSA) is 131 Å². The number of phenols is 4. The van der Waals surface area contributed by atoms with Gasteiger partial charge < -0.3 is 25.4 Å². The number of nitrogens with one attached hydrogen (secondary N) is 1. The highest BCUT2D eigenvalue weighted by molar-refractivity contribution is 6.12. The van der Waals surface area contributed by atoms with Crippen molar-refractivity contribution in [2.45, 2.75) is 40.5 Å². The summed E-state index contributed by atoms with van der Waals surface area (Å²) in [5.41, 5.74) is 6.08. The zero-order chi connectivity index (χ0) is 33.6. The predicted octanol–water partition coefficient (Wildman–Crippen LogP) is 7.87. The average Bonchev–Trinajstić information content (AvgIpc) is 3.40. The Morgan fingerprint density at radius 3 is 1.55 bits per heavy atom. The number of phenolic OH excluding ortho intramolecular Hbond substituents is 4. The molecule has 236 valence electrons. The Morgan fingerprint density at radius 2 is 1.04 bits per heavy atom. The van der Waals surface area contributed by atoms with Gasteiger partial charge in [0.2, 0.25) is 0 Å².